The maximum Gasteiger partial charge on any atom is 0.430 e. The summed E-state index contributed by atoms with van der Waals surface area (Å²) in [6, 6.07) is 15.7. The molecule has 1 aromatic heterocycles. The van der Waals surface area contributed by atoms with Crippen LogP contribution in [0.2, 0.25) is 0 Å². The number of hydrogen-bond acceptors (Lipinski definition) is 6. The number of pyridine rings is 1. The molecule has 1 atom stereocenters. The van der Waals surface area contributed by atoms with Crippen molar-refractivity contribution in [2.24, 2.45) is 0 Å². The zero-order valence-corrected chi connectivity index (χ0v) is 21.1. The summed E-state index contributed by atoms with van der Waals surface area (Å²) in [6.07, 6.45) is -11.9. The third kappa shape index (κ3) is 5.97. The summed E-state index contributed by atoms with van der Waals surface area (Å²) < 4.78 is 99.7. The molecule has 0 bridgehead atoms. The first-order valence-electron chi connectivity index (χ1n) is 11.6. The molecule has 210 valence electrons. The van der Waals surface area contributed by atoms with Crippen molar-refractivity contribution < 1.29 is 40.4 Å². The van der Waals surface area contributed by atoms with Gasteiger partial charge >= 0.3 is 12.4 Å². The molecular formula is C25H24F6N4O3S. The maximum atomic E-state index is 13.3. The van der Waals surface area contributed by atoms with Crippen LogP contribution < -0.4 is 15.4 Å². The summed E-state index contributed by atoms with van der Waals surface area (Å²) in [5.74, 6) is 0.312. The number of nitrogens with zero attached hydrogens (tertiary/aromatic N) is 3. The van der Waals surface area contributed by atoms with Crippen LogP contribution in [0.25, 0.3) is 0 Å². The number of anilines is 2. The van der Waals surface area contributed by atoms with Gasteiger partial charge in [-0.1, -0.05) is 42.5 Å². The standard InChI is InChI=1S/C25H24F6N4O3S/c26-24(27,28)23(36,25(29,30)31)18-6-8-19(9-7-18)34-12-14-35(15-13-34)39(37)20-10-11-21(32)33-22(20)38-16-17-4-2-1-3-5-17/h1-11,36H,12-16H2,(H2,32,33). The van der Waals surface area contributed by atoms with E-state index in [2.05, 4.69) is 4.98 Å². The van der Waals surface area contributed by atoms with Gasteiger partial charge in [0.25, 0.3) is 5.60 Å². The highest BCUT2D eigenvalue weighted by Gasteiger charge is 2.71. The number of aromatic nitrogens is 1. The summed E-state index contributed by atoms with van der Waals surface area (Å²) in [5.41, 5.74) is 0.714. The molecule has 3 aromatic rings. The van der Waals surface area contributed by atoms with E-state index in [9.17, 15) is 35.7 Å². The van der Waals surface area contributed by atoms with Gasteiger partial charge < -0.3 is 20.5 Å². The lowest BCUT2D eigenvalue weighted by molar-refractivity contribution is -0.376. The van der Waals surface area contributed by atoms with Crippen LogP contribution in [0.5, 0.6) is 5.88 Å². The third-order valence-corrected chi connectivity index (χ3v) is 7.72. The summed E-state index contributed by atoms with van der Waals surface area (Å²) in [4.78, 5) is 6.22. The van der Waals surface area contributed by atoms with Crippen LogP contribution in [-0.2, 0) is 23.2 Å². The van der Waals surface area contributed by atoms with Crippen LogP contribution in [0, 0.1) is 0 Å². The fraction of sp³-hybridized carbons (Fsp3) is 0.320. The highest BCUT2D eigenvalue weighted by atomic mass is 32.2. The van der Waals surface area contributed by atoms with Crippen molar-refractivity contribution in [3.05, 3.63) is 77.9 Å². The first-order valence-corrected chi connectivity index (χ1v) is 12.7. The zero-order valence-electron chi connectivity index (χ0n) is 20.2. The first kappa shape index (κ1) is 28.6. The molecule has 7 nitrogen and oxygen atoms in total. The number of rotatable bonds is 7. The van der Waals surface area contributed by atoms with Gasteiger partial charge in [0.05, 0.1) is 0 Å². The molecule has 1 saturated heterocycles. The van der Waals surface area contributed by atoms with Gasteiger partial charge in [0.15, 0.2) is 0 Å². The Hall–Kier alpha value is -3.36. The summed E-state index contributed by atoms with van der Waals surface area (Å²) in [7, 11) is -1.67. The topological polar surface area (TPSA) is 91.9 Å². The molecule has 4 rings (SSSR count). The second kappa shape index (κ2) is 11.0. The lowest BCUT2D eigenvalue weighted by Crippen LogP contribution is -2.53. The number of piperazine rings is 1. The van der Waals surface area contributed by atoms with Gasteiger partial charge in [0.2, 0.25) is 5.88 Å². The van der Waals surface area contributed by atoms with Gasteiger partial charge in [0, 0.05) is 37.4 Å². The largest absolute Gasteiger partial charge is 0.472 e. The molecule has 0 aliphatic carbocycles. The van der Waals surface area contributed by atoms with E-state index in [-0.39, 0.29) is 44.5 Å². The van der Waals surface area contributed by atoms with Crippen LogP contribution in [0.15, 0.2) is 71.6 Å². The highest BCUT2D eigenvalue weighted by Crippen LogP contribution is 2.50. The second-order valence-electron chi connectivity index (χ2n) is 8.73. The van der Waals surface area contributed by atoms with Crippen molar-refractivity contribution in [2.45, 2.75) is 29.5 Å². The van der Waals surface area contributed by atoms with Crippen molar-refractivity contribution in [2.75, 3.05) is 36.8 Å². The molecule has 2 aromatic carbocycles. The molecule has 0 radical (unpaired) electrons. The Bertz CT molecular complexity index is 1280. The third-order valence-electron chi connectivity index (χ3n) is 6.20. The van der Waals surface area contributed by atoms with Gasteiger partial charge in [-0.25, -0.2) is 8.51 Å². The van der Waals surface area contributed by atoms with Crippen LogP contribution >= 0.6 is 0 Å². The Labute approximate surface area is 222 Å². The lowest BCUT2D eigenvalue weighted by Gasteiger charge is -2.36. The number of hydrogen-bond donors (Lipinski definition) is 2. The van der Waals surface area contributed by atoms with Crippen molar-refractivity contribution in [3.8, 4) is 5.88 Å². The molecule has 1 aliphatic heterocycles. The molecule has 39 heavy (non-hydrogen) atoms. The highest BCUT2D eigenvalue weighted by molar-refractivity contribution is 7.82. The van der Waals surface area contributed by atoms with Crippen LogP contribution in [0.1, 0.15) is 11.1 Å². The van der Waals surface area contributed by atoms with E-state index >= 15 is 0 Å². The summed E-state index contributed by atoms with van der Waals surface area (Å²) >= 11 is 0. The summed E-state index contributed by atoms with van der Waals surface area (Å²) in [6.45, 7) is 1.30. The van der Waals surface area contributed by atoms with Crippen molar-refractivity contribution in [1.29, 1.82) is 0 Å². The van der Waals surface area contributed by atoms with E-state index in [1.54, 1.807) is 15.3 Å². The van der Waals surface area contributed by atoms with Gasteiger partial charge in [-0.15, -0.1) is 0 Å². The van der Waals surface area contributed by atoms with Gasteiger partial charge in [-0.2, -0.15) is 31.3 Å². The van der Waals surface area contributed by atoms with Gasteiger partial charge in [0.1, 0.15) is 28.3 Å². The number of nitrogens with two attached hydrogens (primary N) is 1. The average Bonchev–Trinajstić information content (AvgIpc) is 2.90. The zero-order chi connectivity index (χ0) is 28.4. The van der Waals surface area contributed by atoms with Crippen LogP contribution in [0.4, 0.5) is 37.8 Å². The molecule has 1 aliphatic rings. The number of benzene rings is 2. The van der Waals surface area contributed by atoms with E-state index in [0.717, 1.165) is 17.7 Å². The number of halogens is 6. The van der Waals surface area contributed by atoms with E-state index in [1.165, 1.54) is 6.07 Å². The predicted octanol–water partition coefficient (Wildman–Crippen LogP) is 4.40. The minimum atomic E-state index is -5.96. The SMILES string of the molecule is Nc1ccc(S(=O)N2CCN(c3ccc(C(O)(C(F)(F)F)C(F)(F)F)cc3)CC2)c(OCc2ccccc2)n1. The minimum absolute atomic E-state index is 0.122. The fourth-order valence-electron chi connectivity index (χ4n) is 4.06. The Balaban J connectivity index is 1.43. The number of alkyl halides is 6. The monoisotopic (exact) mass is 574 g/mol. The molecule has 1 fully saturated rings. The van der Waals surface area contributed by atoms with Crippen LogP contribution in [0.3, 0.4) is 0 Å². The smallest absolute Gasteiger partial charge is 0.430 e. The number of aliphatic hydroxyl groups is 1. The molecule has 0 spiro atoms. The quantitative estimate of drug-likeness (QED) is 0.407. The Kier molecular flexibility index (Phi) is 8.09. The molecule has 0 amide bonds. The van der Waals surface area contributed by atoms with Crippen molar-refractivity contribution in [3.63, 3.8) is 0 Å². The van der Waals surface area contributed by atoms with E-state index in [1.807, 2.05) is 30.3 Å². The van der Waals surface area contributed by atoms with Crippen LogP contribution in [-0.4, -0.2) is 57.1 Å². The lowest BCUT2D eigenvalue weighted by atomic mass is 9.92. The maximum absolute atomic E-state index is 13.3. The number of ether oxygens (including phenoxy) is 1. The Morgan fingerprint density at radius 2 is 1.46 bits per heavy atom. The van der Waals surface area contributed by atoms with E-state index < -0.39 is 34.5 Å². The molecule has 2 heterocycles. The van der Waals surface area contributed by atoms with E-state index in [0.29, 0.717) is 22.7 Å². The average molecular weight is 575 g/mol. The van der Waals surface area contributed by atoms with Gasteiger partial charge in [-0.05, 0) is 29.8 Å². The molecule has 3 N–H and O–H groups in total. The molecule has 1 unspecified atom stereocenters. The second-order valence-corrected chi connectivity index (χ2v) is 10.2. The summed E-state index contributed by atoms with van der Waals surface area (Å²) in [5, 5.41) is 9.58. The molecule has 14 heteroatoms. The number of nitrogen functional groups attached to an aromatic ring is 1. The first-order chi connectivity index (χ1) is 18.3. The Morgan fingerprint density at radius 3 is 2.03 bits per heavy atom. The van der Waals surface area contributed by atoms with E-state index in [4.69, 9.17) is 10.5 Å². The fourth-order valence-corrected chi connectivity index (χ4v) is 5.27. The molecular weight excluding hydrogens is 550 g/mol. The molecule has 0 saturated carbocycles. The Morgan fingerprint density at radius 1 is 0.872 bits per heavy atom. The predicted molar refractivity (Wildman–Crippen MR) is 132 cm³/mol. The minimum Gasteiger partial charge on any atom is -0.472 e. The normalized spacial score (nSPS) is 16.2. The van der Waals surface area contributed by atoms with Crippen molar-refractivity contribution >= 4 is 22.5 Å². The van der Waals surface area contributed by atoms with Gasteiger partial charge in [-0.3, -0.25) is 0 Å². The van der Waals surface area contributed by atoms with Crippen molar-refractivity contribution in [1.82, 2.24) is 9.29 Å².